The van der Waals surface area contributed by atoms with Crippen LogP contribution in [-0.2, 0) is 0 Å². The summed E-state index contributed by atoms with van der Waals surface area (Å²) in [5.41, 5.74) is 7.10. The predicted molar refractivity (Wildman–Crippen MR) is 62.5 cm³/mol. The van der Waals surface area contributed by atoms with Crippen LogP contribution in [0.5, 0.6) is 0 Å². The van der Waals surface area contributed by atoms with Crippen molar-refractivity contribution in [2.45, 2.75) is 6.92 Å². The first-order chi connectivity index (χ1) is 7.27. The third kappa shape index (κ3) is 1.06. The summed E-state index contributed by atoms with van der Waals surface area (Å²) in [5.74, 6) is 0. The molecular weight excluding hydrogens is 182 g/mol. The zero-order valence-electron chi connectivity index (χ0n) is 8.62. The summed E-state index contributed by atoms with van der Waals surface area (Å²) in [6.07, 6.45) is 1.92. The number of fused-ring (bicyclic) bond motifs is 3. The van der Waals surface area contributed by atoms with E-state index >= 15 is 0 Å². The van der Waals surface area contributed by atoms with Gasteiger partial charge in [-0.2, -0.15) is 0 Å². The summed E-state index contributed by atoms with van der Waals surface area (Å²) in [7, 11) is 0. The summed E-state index contributed by atoms with van der Waals surface area (Å²) >= 11 is 0. The maximum atomic E-state index is 4.32. The van der Waals surface area contributed by atoms with Gasteiger partial charge in [0.1, 0.15) is 0 Å². The van der Waals surface area contributed by atoms with Crippen molar-refractivity contribution in [1.29, 1.82) is 0 Å². The Labute approximate surface area is 89.1 Å². The third-order valence-corrected chi connectivity index (χ3v) is 2.91. The maximum absolute atomic E-state index is 4.32. The Bertz CT molecular complexity index is 567. The van der Waals surface area contributed by atoms with Crippen molar-refractivity contribution in [3.8, 4) is 11.1 Å². The van der Waals surface area contributed by atoms with Crippen LogP contribution in [0.15, 0.2) is 43.1 Å². The van der Waals surface area contributed by atoms with Gasteiger partial charge in [0.05, 0.1) is 0 Å². The molecule has 1 aromatic heterocycles. The quantitative estimate of drug-likeness (QED) is 0.533. The van der Waals surface area contributed by atoms with Gasteiger partial charge in [-0.1, -0.05) is 30.8 Å². The summed E-state index contributed by atoms with van der Waals surface area (Å²) in [5, 5.41) is 0. The first kappa shape index (κ1) is 8.42. The van der Waals surface area contributed by atoms with Gasteiger partial charge in [0.25, 0.3) is 0 Å². The van der Waals surface area contributed by atoms with E-state index in [4.69, 9.17) is 0 Å². The average Bonchev–Trinajstić information content (AvgIpc) is 2.54. The van der Waals surface area contributed by atoms with E-state index in [9.17, 15) is 0 Å². The van der Waals surface area contributed by atoms with Crippen molar-refractivity contribution in [3.05, 3.63) is 59.9 Å². The Morgan fingerprint density at radius 1 is 1.00 bits per heavy atom. The van der Waals surface area contributed by atoms with E-state index in [1.807, 2.05) is 13.1 Å². The summed E-state index contributed by atoms with van der Waals surface area (Å²) in [4.78, 5) is 4.32. The van der Waals surface area contributed by atoms with Gasteiger partial charge in [0, 0.05) is 17.5 Å². The highest BCUT2D eigenvalue weighted by Crippen LogP contribution is 2.42. The van der Waals surface area contributed by atoms with E-state index < -0.39 is 0 Å². The summed E-state index contributed by atoms with van der Waals surface area (Å²) < 4.78 is 0. The number of pyridine rings is 1. The molecule has 0 amide bonds. The maximum Gasteiger partial charge on any atom is 0.0379 e. The zero-order valence-corrected chi connectivity index (χ0v) is 8.62. The lowest BCUT2D eigenvalue weighted by Gasteiger charge is -2.00. The van der Waals surface area contributed by atoms with E-state index in [1.165, 1.54) is 22.3 Å². The van der Waals surface area contributed by atoms with Crippen LogP contribution in [0.3, 0.4) is 0 Å². The standard InChI is InChI=1S/C14H11N/c1-9-7-13-12-6-4-3-5-11(12)10(2)14(13)8-15-9/h3-8H,2H2,1H3. The smallest absolute Gasteiger partial charge is 0.0379 e. The molecule has 0 aliphatic heterocycles. The predicted octanol–water partition coefficient (Wildman–Crippen LogP) is 3.43. The molecule has 0 spiro atoms. The molecule has 1 heteroatoms. The van der Waals surface area contributed by atoms with E-state index in [0.717, 1.165) is 11.3 Å². The largest absolute Gasteiger partial charge is 0.261 e. The molecule has 0 saturated carbocycles. The molecule has 3 rings (SSSR count). The molecule has 0 saturated heterocycles. The van der Waals surface area contributed by atoms with Crippen LogP contribution >= 0.6 is 0 Å². The molecule has 0 N–H and O–H groups in total. The van der Waals surface area contributed by atoms with Crippen LogP contribution in [0.1, 0.15) is 16.8 Å². The van der Waals surface area contributed by atoms with Crippen molar-refractivity contribution in [2.75, 3.05) is 0 Å². The second-order valence-electron chi connectivity index (χ2n) is 3.90. The topological polar surface area (TPSA) is 12.9 Å². The highest BCUT2D eigenvalue weighted by Gasteiger charge is 2.21. The highest BCUT2D eigenvalue weighted by molar-refractivity contribution is 6.00. The lowest BCUT2D eigenvalue weighted by molar-refractivity contribution is 1.20. The molecule has 0 bridgehead atoms. The van der Waals surface area contributed by atoms with Crippen LogP contribution in [0.2, 0.25) is 0 Å². The monoisotopic (exact) mass is 193 g/mol. The van der Waals surface area contributed by atoms with Gasteiger partial charge in [0.15, 0.2) is 0 Å². The third-order valence-electron chi connectivity index (χ3n) is 2.91. The minimum atomic E-state index is 1.05. The van der Waals surface area contributed by atoms with Crippen molar-refractivity contribution >= 4 is 5.57 Å². The second kappa shape index (κ2) is 2.80. The fourth-order valence-electron chi connectivity index (χ4n) is 2.15. The fourth-order valence-corrected chi connectivity index (χ4v) is 2.15. The molecule has 1 nitrogen and oxygen atoms in total. The lowest BCUT2D eigenvalue weighted by atomic mass is 10.1. The molecule has 0 unspecified atom stereocenters. The molecule has 0 fully saturated rings. The molecule has 1 aliphatic carbocycles. The summed E-state index contributed by atoms with van der Waals surface area (Å²) in [6.45, 7) is 6.14. The SMILES string of the molecule is C=C1c2ccccc2-c2cc(C)ncc21. The summed E-state index contributed by atoms with van der Waals surface area (Å²) in [6, 6.07) is 10.5. The molecule has 0 atom stereocenters. The molecule has 1 aliphatic rings. The Hall–Kier alpha value is -1.89. The minimum Gasteiger partial charge on any atom is -0.261 e. The van der Waals surface area contributed by atoms with Gasteiger partial charge in [0.2, 0.25) is 0 Å². The van der Waals surface area contributed by atoms with Crippen LogP contribution in [0.25, 0.3) is 16.7 Å². The van der Waals surface area contributed by atoms with Crippen LogP contribution in [0.4, 0.5) is 0 Å². The molecular formula is C14H11N. The van der Waals surface area contributed by atoms with Crippen molar-refractivity contribution in [1.82, 2.24) is 4.98 Å². The van der Waals surface area contributed by atoms with E-state index in [1.54, 1.807) is 0 Å². The fraction of sp³-hybridized carbons (Fsp3) is 0.0714. The van der Waals surface area contributed by atoms with Crippen LogP contribution in [0, 0.1) is 6.92 Å². The van der Waals surface area contributed by atoms with Gasteiger partial charge in [-0.3, -0.25) is 4.98 Å². The minimum absolute atomic E-state index is 1.05. The zero-order chi connectivity index (χ0) is 10.4. The van der Waals surface area contributed by atoms with Crippen molar-refractivity contribution in [3.63, 3.8) is 0 Å². The van der Waals surface area contributed by atoms with Crippen molar-refractivity contribution < 1.29 is 0 Å². The van der Waals surface area contributed by atoms with Gasteiger partial charge in [-0.15, -0.1) is 0 Å². The van der Waals surface area contributed by atoms with Gasteiger partial charge in [-0.25, -0.2) is 0 Å². The Balaban J connectivity index is 2.39. The molecule has 1 heterocycles. The number of rotatable bonds is 0. The molecule has 72 valence electrons. The molecule has 15 heavy (non-hydrogen) atoms. The van der Waals surface area contributed by atoms with Gasteiger partial charge >= 0.3 is 0 Å². The number of hydrogen-bond acceptors (Lipinski definition) is 1. The number of nitrogens with zero attached hydrogens (tertiary/aromatic N) is 1. The molecule has 2 aromatic rings. The molecule has 0 radical (unpaired) electrons. The average molecular weight is 193 g/mol. The Morgan fingerprint density at radius 2 is 1.73 bits per heavy atom. The highest BCUT2D eigenvalue weighted by atomic mass is 14.7. The number of aryl methyl sites for hydroxylation is 1. The van der Waals surface area contributed by atoms with E-state index in [-0.39, 0.29) is 0 Å². The van der Waals surface area contributed by atoms with E-state index in [2.05, 4.69) is 41.9 Å². The second-order valence-corrected chi connectivity index (χ2v) is 3.90. The number of aromatic nitrogens is 1. The molecule has 1 aromatic carbocycles. The van der Waals surface area contributed by atoms with Crippen LogP contribution in [-0.4, -0.2) is 4.98 Å². The Kier molecular flexibility index (Phi) is 1.57. The van der Waals surface area contributed by atoms with Crippen LogP contribution < -0.4 is 0 Å². The Morgan fingerprint density at radius 3 is 2.53 bits per heavy atom. The van der Waals surface area contributed by atoms with Crippen molar-refractivity contribution in [2.24, 2.45) is 0 Å². The first-order valence-corrected chi connectivity index (χ1v) is 5.03. The normalized spacial score (nSPS) is 12.5. The van der Waals surface area contributed by atoms with Gasteiger partial charge < -0.3 is 0 Å². The lowest BCUT2D eigenvalue weighted by Crippen LogP contribution is -1.84. The number of benzene rings is 1. The first-order valence-electron chi connectivity index (χ1n) is 5.03. The number of hydrogen-bond donors (Lipinski definition) is 0. The van der Waals surface area contributed by atoms with Gasteiger partial charge in [-0.05, 0) is 35.3 Å². The van der Waals surface area contributed by atoms with E-state index in [0.29, 0.717) is 0 Å².